The smallest absolute Gasteiger partial charge is 0.268 e. The minimum atomic E-state index is 0.354. The van der Waals surface area contributed by atoms with Gasteiger partial charge in [-0.15, -0.1) is 0 Å². The monoisotopic (exact) mass is 194 g/mol. The zero-order valence-electron chi connectivity index (χ0n) is 7.28. The van der Waals surface area contributed by atoms with Crippen molar-refractivity contribution in [1.82, 2.24) is 4.98 Å². The minimum absolute atomic E-state index is 0.354. The van der Waals surface area contributed by atoms with Crippen LogP contribution in [-0.4, -0.2) is 11.2 Å². The van der Waals surface area contributed by atoms with Gasteiger partial charge in [-0.25, -0.2) is 4.99 Å². The van der Waals surface area contributed by atoms with E-state index < -0.39 is 0 Å². The zero-order valence-corrected chi connectivity index (χ0v) is 8.10. The SMILES string of the molecule is CC1C=CCc2[nH]c(=S)oc2/N=C\1. The Morgan fingerprint density at radius 2 is 2.54 bits per heavy atom. The molecule has 0 aromatic carbocycles. The first-order valence-corrected chi connectivity index (χ1v) is 4.59. The lowest BCUT2D eigenvalue weighted by molar-refractivity contribution is 0.550. The Bertz CT molecular complexity index is 413. The van der Waals surface area contributed by atoms with Gasteiger partial charge in [0.1, 0.15) is 0 Å². The van der Waals surface area contributed by atoms with Crippen molar-refractivity contribution in [3.63, 3.8) is 0 Å². The van der Waals surface area contributed by atoms with Crippen molar-refractivity contribution in [1.29, 1.82) is 0 Å². The standard InChI is InChI=1S/C9H10N2OS/c1-6-3-2-4-7-8(10-5-6)12-9(13)11-7/h2-3,5-6H,4H2,1H3,(H,11,13)/b3-2?,10-5-. The van der Waals surface area contributed by atoms with Crippen LogP contribution in [0.15, 0.2) is 21.6 Å². The van der Waals surface area contributed by atoms with Crippen LogP contribution in [0.5, 0.6) is 0 Å². The maximum absolute atomic E-state index is 5.22. The molecule has 68 valence electrons. The van der Waals surface area contributed by atoms with Crippen LogP contribution in [-0.2, 0) is 6.42 Å². The molecule has 3 nitrogen and oxygen atoms in total. The highest BCUT2D eigenvalue weighted by Crippen LogP contribution is 2.21. The molecule has 2 heterocycles. The van der Waals surface area contributed by atoms with Gasteiger partial charge in [-0.2, -0.15) is 0 Å². The van der Waals surface area contributed by atoms with Crippen molar-refractivity contribution in [2.75, 3.05) is 0 Å². The van der Waals surface area contributed by atoms with Gasteiger partial charge in [0.05, 0.1) is 5.69 Å². The Morgan fingerprint density at radius 3 is 3.38 bits per heavy atom. The van der Waals surface area contributed by atoms with E-state index >= 15 is 0 Å². The fourth-order valence-electron chi connectivity index (χ4n) is 1.23. The summed E-state index contributed by atoms with van der Waals surface area (Å²) in [6, 6.07) is 0. The Morgan fingerprint density at radius 1 is 1.69 bits per heavy atom. The molecule has 1 unspecified atom stereocenters. The van der Waals surface area contributed by atoms with Gasteiger partial charge in [0.25, 0.3) is 4.84 Å². The number of nitrogens with zero attached hydrogens (tertiary/aromatic N) is 1. The maximum atomic E-state index is 5.22. The van der Waals surface area contributed by atoms with Crippen molar-refractivity contribution >= 4 is 24.3 Å². The van der Waals surface area contributed by atoms with E-state index in [9.17, 15) is 0 Å². The second-order valence-electron chi connectivity index (χ2n) is 3.07. The molecule has 0 fully saturated rings. The number of hydrogen-bond donors (Lipinski definition) is 1. The van der Waals surface area contributed by atoms with Crippen molar-refractivity contribution in [3.05, 3.63) is 22.7 Å². The predicted molar refractivity (Wildman–Crippen MR) is 54.1 cm³/mol. The highest BCUT2D eigenvalue weighted by molar-refractivity contribution is 7.71. The van der Waals surface area contributed by atoms with E-state index in [0.717, 1.165) is 12.1 Å². The Balaban J connectivity index is 2.47. The third-order valence-electron chi connectivity index (χ3n) is 1.89. The molecule has 0 radical (unpaired) electrons. The summed E-state index contributed by atoms with van der Waals surface area (Å²) in [5.74, 6) is 0.966. The van der Waals surface area contributed by atoms with Gasteiger partial charge in [-0.1, -0.05) is 19.1 Å². The van der Waals surface area contributed by atoms with Crippen LogP contribution in [0, 0.1) is 10.8 Å². The van der Waals surface area contributed by atoms with E-state index in [2.05, 4.69) is 29.1 Å². The van der Waals surface area contributed by atoms with Gasteiger partial charge in [-0.05, 0) is 12.2 Å². The number of oxazole rings is 1. The summed E-state index contributed by atoms with van der Waals surface area (Å²) >= 11 is 4.88. The second-order valence-corrected chi connectivity index (χ2v) is 3.44. The molecule has 0 saturated carbocycles. The number of aromatic nitrogens is 1. The molecule has 0 bridgehead atoms. The lowest BCUT2D eigenvalue weighted by Crippen LogP contribution is -1.93. The predicted octanol–water partition coefficient (Wildman–Crippen LogP) is 2.79. The molecule has 4 heteroatoms. The Kier molecular flexibility index (Phi) is 2.14. The normalized spacial score (nSPS) is 23.3. The van der Waals surface area contributed by atoms with Gasteiger partial charge in [0.15, 0.2) is 0 Å². The van der Waals surface area contributed by atoms with Crippen LogP contribution in [0.3, 0.4) is 0 Å². The molecule has 1 atom stereocenters. The van der Waals surface area contributed by atoms with Crippen molar-refractivity contribution < 1.29 is 4.42 Å². The summed E-state index contributed by atoms with van der Waals surface area (Å²) in [5.41, 5.74) is 0.949. The lowest BCUT2D eigenvalue weighted by Gasteiger charge is -2.00. The van der Waals surface area contributed by atoms with Crippen LogP contribution in [0.2, 0.25) is 0 Å². The third kappa shape index (κ3) is 1.78. The summed E-state index contributed by atoms with van der Waals surface area (Å²) in [6.45, 7) is 2.08. The highest BCUT2D eigenvalue weighted by atomic mass is 32.1. The molecule has 1 aromatic rings. The molecule has 1 aliphatic rings. The third-order valence-corrected chi connectivity index (χ3v) is 2.07. The van der Waals surface area contributed by atoms with Gasteiger partial charge >= 0.3 is 0 Å². The quantitative estimate of drug-likeness (QED) is 0.509. The molecular formula is C9H10N2OS. The fourth-order valence-corrected chi connectivity index (χ4v) is 1.43. The van der Waals surface area contributed by atoms with E-state index in [1.165, 1.54) is 0 Å². The highest BCUT2D eigenvalue weighted by Gasteiger charge is 2.07. The van der Waals surface area contributed by atoms with Gasteiger partial charge in [-0.3, -0.25) is 0 Å². The molecule has 13 heavy (non-hydrogen) atoms. The van der Waals surface area contributed by atoms with Crippen molar-refractivity contribution in [2.45, 2.75) is 13.3 Å². The average Bonchev–Trinajstić information content (AvgIpc) is 2.40. The Hall–Kier alpha value is -1.16. The maximum Gasteiger partial charge on any atom is 0.268 e. The first-order valence-electron chi connectivity index (χ1n) is 4.18. The van der Waals surface area contributed by atoms with Gasteiger partial charge in [0, 0.05) is 18.6 Å². The lowest BCUT2D eigenvalue weighted by atomic mass is 10.1. The number of hydrogen-bond acceptors (Lipinski definition) is 3. The van der Waals surface area contributed by atoms with Gasteiger partial charge in [0.2, 0.25) is 5.88 Å². The topological polar surface area (TPSA) is 41.3 Å². The average molecular weight is 194 g/mol. The van der Waals surface area contributed by atoms with E-state index in [1.807, 2.05) is 6.21 Å². The molecule has 0 amide bonds. The first kappa shape index (κ1) is 8.44. The summed E-state index contributed by atoms with van der Waals surface area (Å²) in [5, 5.41) is 0. The molecule has 2 rings (SSSR count). The molecule has 1 aromatic heterocycles. The van der Waals surface area contributed by atoms with Crippen LogP contribution in [0.4, 0.5) is 5.88 Å². The molecule has 1 aliphatic heterocycles. The summed E-state index contributed by atoms with van der Waals surface area (Å²) < 4.78 is 5.22. The second kappa shape index (κ2) is 3.30. The number of aromatic amines is 1. The molecule has 0 spiro atoms. The number of allylic oxidation sites excluding steroid dienone is 2. The molecular weight excluding hydrogens is 184 g/mol. The minimum Gasteiger partial charge on any atom is -0.411 e. The van der Waals surface area contributed by atoms with E-state index in [1.54, 1.807) is 0 Å². The summed E-state index contributed by atoms with van der Waals surface area (Å²) in [4.78, 5) is 7.56. The first-order chi connectivity index (χ1) is 6.25. The molecule has 1 N–H and O–H groups in total. The van der Waals surface area contributed by atoms with E-state index in [-0.39, 0.29) is 0 Å². The summed E-state index contributed by atoms with van der Waals surface area (Å²) in [7, 11) is 0. The van der Waals surface area contributed by atoms with Crippen LogP contribution < -0.4 is 0 Å². The van der Waals surface area contributed by atoms with Gasteiger partial charge < -0.3 is 9.40 Å². The van der Waals surface area contributed by atoms with Crippen LogP contribution >= 0.6 is 12.2 Å². The van der Waals surface area contributed by atoms with Crippen molar-refractivity contribution in [3.8, 4) is 0 Å². The number of H-pyrrole nitrogens is 1. The van der Waals surface area contributed by atoms with E-state index in [0.29, 0.717) is 16.6 Å². The number of rotatable bonds is 0. The van der Waals surface area contributed by atoms with Crippen molar-refractivity contribution in [2.24, 2.45) is 10.9 Å². The van der Waals surface area contributed by atoms with Crippen LogP contribution in [0.1, 0.15) is 12.6 Å². The molecule has 0 aliphatic carbocycles. The number of aliphatic imine (C=N–C) groups is 1. The van der Waals surface area contributed by atoms with Crippen LogP contribution in [0.25, 0.3) is 0 Å². The Labute approximate surface area is 81.2 Å². The largest absolute Gasteiger partial charge is 0.411 e. The van der Waals surface area contributed by atoms with E-state index in [4.69, 9.17) is 16.6 Å². The number of nitrogens with one attached hydrogen (secondary N) is 1. The molecule has 0 saturated heterocycles. The summed E-state index contributed by atoms with van der Waals surface area (Å²) in [6.07, 6.45) is 6.85. The fraction of sp³-hybridized carbons (Fsp3) is 0.333. The number of fused-ring (bicyclic) bond motifs is 1. The zero-order chi connectivity index (χ0) is 9.26.